The molecule has 1 aliphatic heterocycles. The van der Waals surface area contributed by atoms with E-state index in [0.717, 1.165) is 31.4 Å². The van der Waals surface area contributed by atoms with Gasteiger partial charge in [0.1, 0.15) is 5.01 Å². The molecular formula is C17H17N3S. The number of thiazole rings is 1. The quantitative estimate of drug-likeness (QED) is 0.788. The highest BCUT2D eigenvalue weighted by atomic mass is 32.1. The lowest BCUT2D eigenvalue weighted by Gasteiger charge is -2.36. The third kappa shape index (κ3) is 2.15. The van der Waals surface area contributed by atoms with Crippen LogP contribution in [0.3, 0.4) is 0 Å². The summed E-state index contributed by atoms with van der Waals surface area (Å²) in [5.41, 5.74) is 2.46. The summed E-state index contributed by atoms with van der Waals surface area (Å²) >= 11 is 1.82. The normalized spacial score (nSPS) is 17.9. The van der Waals surface area contributed by atoms with Crippen LogP contribution >= 0.6 is 11.3 Å². The number of piperidine rings is 1. The zero-order valence-electron chi connectivity index (χ0n) is 11.7. The number of benzene rings is 1. The van der Waals surface area contributed by atoms with Crippen molar-refractivity contribution >= 4 is 21.6 Å². The Labute approximate surface area is 128 Å². The molecule has 0 amide bonds. The fourth-order valence-corrected chi connectivity index (χ4v) is 4.42. The minimum Gasteiger partial charge on any atom is -0.317 e. The number of hydrogen-bond donors (Lipinski definition) is 1. The van der Waals surface area contributed by atoms with Crippen LogP contribution in [0.15, 0.2) is 48.8 Å². The first kappa shape index (κ1) is 12.9. The first-order valence-electron chi connectivity index (χ1n) is 7.36. The van der Waals surface area contributed by atoms with Gasteiger partial charge in [-0.1, -0.05) is 30.3 Å². The number of rotatable bonds is 2. The first-order chi connectivity index (χ1) is 10.4. The smallest absolute Gasteiger partial charge is 0.105 e. The van der Waals surface area contributed by atoms with Crippen molar-refractivity contribution in [1.82, 2.24) is 15.3 Å². The maximum atomic E-state index is 4.91. The van der Waals surface area contributed by atoms with E-state index in [1.165, 1.54) is 15.3 Å². The maximum absolute atomic E-state index is 4.91. The van der Waals surface area contributed by atoms with Gasteiger partial charge < -0.3 is 5.32 Å². The predicted octanol–water partition coefficient (Wildman–Crippen LogP) is 3.36. The lowest BCUT2D eigenvalue weighted by Crippen LogP contribution is -2.40. The molecule has 0 unspecified atom stereocenters. The van der Waals surface area contributed by atoms with Gasteiger partial charge in [0.15, 0.2) is 0 Å². The monoisotopic (exact) mass is 295 g/mol. The van der Waals surface area contributed by atoms with Crippen LogP contribution < -0.4 is 5.32 Å². The van der Waals surface area contributed by atoms with Crippen LogP contribution in [0.2, 0.25) is 0 Å². The summed E-state index contributed by atoms with van der Waals surface area (Å²) in [6.07, 6.45) is 5.92. The predicted molar refractivity (Wildman–Crippen MR) is 86.7 cm³/mol. The fraction of sp³-hybridized carbons (Fsp3) is 0.294. The average Bonchev–Trinajstić information content (AvgIpc) is 3.01. The van der Waals surface area contributed by atoms with E-state index in [2.05, 4.69) is 46.7 Å². The van der Waals surface area contributed by atoms with Gasteiger partial charge in [-0.2, -0.15) is 0 Å². The second kappa shape index (κ2) is 5.20. The van der Waals surface area contributed by atoms with Gasteiger partial charge in [0.05, 0.1) is 16.4 Å². The van der Waals surface area contributed by atoms with Gasteiger partial charge >= 0.3 is 0 Å². The van der Waals surface area contributed by atoms with E-state index < -0.39 is 0 Å². The second-order valence-corrected chi connectivity index (χ2v) is 6.59. The van der Waals surface area contributed by atoms with Crippen LogP contribution in [0.1, 0.15) is 23.4 Å². The fourth-order valence-electron chi connectivity index (χ4n) is 3.22. The van der Waals surface area contributed by atoms with Crippen LogP contribution in [0, 0.1) is 0 Å². The molecule has 2 aromatic heterocycles. The zero-order chi connectivity index (χ0) is 14.1. The Kier molecular flexibility index (Phi) is 3.20. The Morgan fingerprint density at radius 1 is 1.05 bits per heavy atom. The summed E-state index contributed by atoms with van der Waals surface area (Å²) in [6, 6.07) is 12.9. The number of pyridine rings is 1. The zero-order valence-corrected chi connectivity index (χ0v) is 12.6. The molecule has 1 N–H and O–H groups in total. The van der Waals surface area contributed by atoms with Crippen molar-refractivity contribution in [1.29, 1.82) is 0 Å². The first-order valence-corrected chi connectivity index (χ1v) is 8.17. The maximum Gasteiger partial charge on any atom is 0.105 e. The molecule has 1 aliphatic rings. The molecule has 1 saturated heterocycles. The van der Waals surface area contributed by atoms with Crippen molar-refractivity contribution in [3.8, 4) is 0 Å². The molecule has 106 valence electrons. The number of nitrogens with one attached hydrogen (secondary N) is 1. The van der Waals surface area contributed by atoms with Crippen LogP contribution in [0.5, 0.6) is 0 Å². The number of hydrogen-bond acceptors (Lipinski definition) is 4. The molecular weight excluding hydrogens is 278 g/mol. The SMILES string of the molecule is c1ccc(C2(c3nc4cnccc4s3)CCNCC2)cc1. The average molecular weight is 295 g/mol. The molecule has 0 spiro atoms. The van der Waals surface area contributed by atoms with Gasteiger partial charge in [-0.3, -0.25) is 4.98 Å². The molecule has 0 radical (unpaired) electrons. The highest BCUT2D eigenvalue weighted by molar-refractivity contribution is 7.18. The molecule has 1 aromatic carbocycles. The molecule has 0 saturated carbocycles. The molecule has 3 heterocycles. The second-order valence-electron chi connectivity index (χ2n) is 5.56. The summed E-state index contributed by atoms with van der Waals surface area (Å²) in [5, 5.41) is 4.71. The summed E-state index contributed by atoms with van der Waals surface area (Å²) in [7, 11) is 0. The molecule has 1 fully saturated rings. The summed E-state index contributed by atoms with van der Waals surface area (Å²) < 4.78 is 1.23. The van der Waals surface area contributed by atoms with E-state index in [0.29, 0.717) is 0 Å². The molecule has 4 heteroatoms. The van der Waals surface area contributed by atoms with Crippen molar-refractivity contribution in [2.75, 3.05) is 13.1 Å². The Morgan fingerprint density at radius 2 is 1.86 bits per heavy atom. The molecule has 0 bridgehead atoms. The molecule has 3 aromatic rings. The third-order valence-corrected chi connectivity index (χ3v) is 5.62. The topological polar surface area (TPSA) is 37.8 Å². The van der Waals surface area contributed by atoms with Gasteiger partial charge in [0.25, 0.3) is 0 Å². The number of nitrogens with zero attached hydrogens (tertiary/aromatic N) is 2. The lowest BCUT2D eigenvalue weighted by molar-refractivity contribution is 0.361. The van der Waals surface area contributed by atoms with Crippen molar-refractivity contribution in [3.05, 3.63) is 59.4 Å². The van der Waals surface area contributed by atoms with E-state index in [4.69, 9.17) is 4.98 Å². The Balaban J connectivity index is 1.89. The van der Waals surface area contributed by atoms with Crippen LogP contribution in [-0.4, -0.2) is 23.1 Å². The largest absolute Gasteiger partial charge is 0.317 e. The molecule has 0 atom stereocenters. The summed E-state index contributed by atoms with van der Waals surface area (Å²) in [4.78, 5) is 9.11. The molecule has 0 aliphatic carbocycles. The number of aromatic nitrogens is 2. The van der Waals surface area contributed by atoms with Gasteiger partial charge in [-0.15, -0.1) is 11.3 Å². The van der Waals surface area contributed by atoms with Crippen molar-refractivity contribution in [2.45, 2.75) is 18.3 Å². The summed E-state index contributed by atoms with van der Waals surface area (Å²) in [5.74, 6) is 0. The van der Waals surface area contributed by atoms with E-state index in [1.54, 1.807) is 0 Å². The highest BCUT2D eigenvalue weighted by Gasteiger charge is 2.38. The van der Waals surface area contributed by atoms with Crippen molar-refractivity contribution in [3.63, 3.8) is 0 Å². The number of fused-ring (bicyclic) bond motifs is 1. The van der Waals surface area contributed by atoms with Gasteiger partial charge in [-0.25, -0.2) is 4.98 Å². The van der Waals surface area contributed by atoms with E-state index in [9.17, 15) is 0 Å². The minimum absolute atomic E-state index is 0.0518. The van der Waals surface area contributed by atoms with E-state index >= 15 is 0 Å². The highest BCUT2D eigenvalue weighted by Crippen LogP contribution is 2.43. The Morgan fingerprint density at radius 3 is 2.62 bits per heavy atom. The molecule has 4 rings (SSSR count). The van der Waals surface area contributed by atoms with Gasteiger partial charge in [-0.05, 0) is 37.6 Å². The third-order valence-electron chi connectivity index (χ3n) is 4.38. The summed E-state index contributed by atoms with van der Waals surface area (Å²) in [6.45, 7) is 2.09. The molecule has 3 nitrogen and oxygen atoms in total. The standard InChI is InChI=1S/C17H17N3S/c1-2-4-13(5-3-1)17(7-10-18-11-8-17)16-20-14-12-19-9-6-15(14)21-16/h1-6,9,12,18H,7-8,10-11H2. The van der Waals surface area contributed by atoms with Crippen molar-refractivity contribution < 1.29 is 0 Å². The van der Waals surface area contributed by atoms with Crippen molar-refractivity contribution in [2.24, 2.45) is 0 Å². The van der Waals surface area contributed by atoms with Gasteiger partial charge in [0, 0.05) is 11.6 Å². The molecule has 21 heavy (non-hydrogen) atoms. The van der Waals surface area contributed by atoms with Gasteiger partial charge in [0.2, 0.25) is 0 Å². The van der Waals surface area contributed by atoms with E-state index in [1.807, 2.05) is 23.7 Å². The Hall–Kier alpha value is -1.78. The lowest BCUT2D eigenvalue weighted by atomic mass is 9.73. The Bertz CT molecular complexity index is 712. The van der Waals surface area contributed by atoms with Crippen LogP contribution in [-0.2, 0) is 5.41 Å². The van der Waals surface area contributed by atoms with Crippen LogP contribution in [0.25, 0.3) is 10.2 Å². The van der Waals surface area contributed by atoms with E-state index in [-0.39, 0.29) is 5.41 Å². The minimum atomic E-state index is 0.0518. The van der Waals surface area contributed by atoms with Crippen LogP contribution in [0.4, 0.5) is 0 Å².